The van der Waals surface area contributed by atoms with Gasteiger partial charge in [0.25, 0.3) is 0 Å². The first-order chi connectivity index (χ1) is 26.9. The number of aliphatic hydroxyl groups excluding tert-OH is 1. The summed E-state index contributed by atoms with van der Waals surface area (Å²) in [6.45, 7) is 20.2. The summed E-state index contributed by atoms with van der Waals surface area (Å²) in [6.07, 6.45) is 13.3. The molecule has 4 fully saturated rings. The van der Waals surface area contributed by atoms with Crippen molar-refractivity contribution in [2.75, 3.05) is 6.54 Å². The number of hydroxylamine groups is 1. The molecule has 5 heterocycles. The Morgan fingerprint density at radius 2 is 1.65 bits per heavy atom. The fraction of sp³-hybridized carbons (Fsp3) is 0.867. The second-order valence-corrected chi connectivity index (χ2v) is 18.7. The number of carbonyl (C=O) groups excluding carboxylic acids is 2. The van der Waals surface area contributed by atoms with Gasteiger partial charge in [-0.1, -0.05) is 67.4 Å². The Morgan fingerprint density at radius 3 is 2.26 bits per heavy atom. The van der Waals surface area contributed by atoms with Crippen LogP contribution in [0.25, 0.3) is 0 Å². The molecule has 5 aliphatic rings. The maximum absolute atomic E-state index is 14.6. The van der Waals surface area contributed by atoms with E-state index < -0.39 is 64.7 Å². The van der Waals surface area contributed by atoms with Crippen LogP contribution in [0.4, 0.5) is 0 Å². The van der Waals surface area contributed by atoms with Crippen molar-refractivity contribution in [2.24, 2.45) is 41.4 Å². The molecule has 57 heavy (non-hydrogen) atoms. The van der Waals surface area contributed by atoms with Crippen LogP contribution in [0.2, 0.25) is 0 Å². The molecule has 1 unspecified atom stereocenters. The molecule has 324 valence electrons. The highest BCUT2D eigenvalue weighted by Crippen LogP contribution is 2.54. The third-order valence-electron chi connectivity index (χ3n) is 15.0. The van der Waals surface area contributed by atoms with Crippen LogP contribution in [0.3, 0.4) is 0 Å². The van der Waals surface area contributed by atoms with Crippen LogP contribution in [0.5, 0.6) is 0 Å². The molecule has 5 rings (SSSR count). The van der Waals surface area contributed by atoms with E-state index in [-0.39, 0.29) is 53.8 Å². The van der Waals surface area contributed by atoms with E-state index in [1.807, 2.05) is 40.7 Å². The number of ketones is 1. The van der Waals surface area contributed by atoms with Gasteiger partial charge >= 0.3 is 0 Å². The van der Waals surface area contributed by atoms with Gasteiger partial charge in [-0.25, -0.2) is 5.48 Å². The standard InChI is InChI=1S/C45H74N2O10/c1-12-24-46-35-18-21-44(57-45(35)23-22-42(11,56-45)36-19-20-43(51,15-4)31(10)53-36)28(7)25-27(6)40(55-44)33(14-3)38(49)29(8)37(48)30(9)39-26(5)16-17-34(54-39)32(13-2)41(50)47-52/h1,18,21,26-37,39-40,46,48,51-52H,13-17,19-20,22-25H2,2-11H3,(H,47,50)/t26-,27-,28+,29-,30-,31-,32+,33-,34+,35+,36+,37+,39+,40-,42-,43+,44?,45-/m0/s1. The Labute approximate surface area is 341 Å². The molecule has 12 nitrogen and oxygen atoms in total. The van der Waals surface area contributed by atoms with Gasteiger partial charge in [0.05, 0.1) is 66.3 Å². The van der Waals surface area contributed by atoms with Crippen LogP contribution < -0.4 is 10.8 Å². The number of nitrogens with one attached hydrogen (secondary N) is 2. The summed E-state index contributed by atoms with van der Waals surface area (Å²) in [5, 5.41) is 35.8. The number of amides is 1. The molecule has 0 aromatic rings. The van der Waals surface area contributed by atoms with Crippen molar-refractivity contribution in [1.29, 1.82) is 0 Å². The van der Waals surface area contributed by atoms with E-state index >= 15 is 0 Å². The van der Waals surface area contributed by atoms with E-state index in [2.05, 4.69) is 45.0 Å². The minimum absolute atomic E-state index is 0.0295. The summed E-state index contributed by atoms with van der Waals surface area (Å²) in [7, 11) is 0. The van der Waals surface area contributed by atoms with Gasteiger partial charge in [0.2, 0.25) is 5.91 Å². The summed E-state index contributed by atoms with van der Waals surface area (Å²) >= 11 is 0. The molecule has 0 bridgehead atoms. The number of carbonyl (C=O) groups is 2. The lowest BCUT2D eigenvalue weighted by Crippen LogP contribution is -2.65. The molecule has 0 saturated carbocycles. The quantitative estimate of drug-likeness (QED) is 0.0621. The van der Waals surface area contributed by atoms with Gasteiger partial charge in [0.15, 0.2) is 11.6 Å². The average molecular weight is 803 g/mol. The number of terminal acetylenes is 1. The number of aliphatic hydroxyl groups is 2. The number of Topliss-reactive ketones (excluding diaryl/α,β-unsaturated/α-hetero) is 1. The van der Waals surface area contributed by atoms with Crippen molar-refractivity contribution in [1.82, 2.24) is 10.8 Å². The molecule has 12 heteroatoms. The minimum atomic E-state index is -1.18. The minimum Gasteiger partial charge on any atom is -0.392 e. The van der Waals surface area contributed by atoms with E-state index in [1.165, 1.54) is 0 Å². The first-order valence-corrected chi connectivity index (χ1v) is 22.0. The largest absolute Gasteiger partial charge is 0.392 e. The second-order valence-electron chi connectivity index (χ2n) is 18.7. The molecule has 0 aromatic carbocycles. The molecule has 0 aliphatic carbocycles. The Morgan fingerprint density at radius 1 is 0.947 bits per heavy atom. The maximum atomic E-state index is 14.6. The number of hydrogen-bond acceptors (Lipinski definition) is 11. The third kappa shape index (κ3) is 8.94. The van der Waals surface area contributed by atoms with Gasteiger partial charge in [-0.05, 0) is 89.5 Å². The Bertz CT molecular complexity index is 1470. The zero-order chi connectivity index (χ0) is 42.1. The molecular weight excluding hydrogens is 728 g/mol. The first kappa shape index (κ1) is 46.2. The third-order valence-corrected chi connectivity index (χ3v) is 15.0. The summed E-state index contributed by atoms with van der Waals surface area (Å²) in [5.41, 5.74) is 0.222. The summed E-state index contributed by atoms with van der Waals surface area (Å²) in [5.74, 6) is -2.19. The molecule has 0 aromatic heterocycles. The highest BCUT2D eigenvalue weighted by atomic mass is 16.8. The van der Waals surface area contributed by atoms with Gasteiger partial charge in [0.1, 0.15) is 5.78 Å². The predicted molar refractivity (Wildman–Crippen MR) is 216 cm³/mol. The van der Waals surface area contributed by atoms with Crippen molar-refractivity contribution < 1.29 is 48.7 Å². The van der Waals surface area contributed by atoms with Gasteiger partial charge < -0.3 is 33.9 Å². The molecular formula is C45H74N2O10. The summed E-state index contributed by atoms with van der Waals surface area (Å²) in [4.78, 5) is 27.0. The smallest absolute Gasteiger partial charge is 0.249 e. The van der Waals surface area contributed by atoms with Crippen molar-refractivity contribution in [3.05, 3.63) is 12.2 Å². The van der Waals surface area contributed by atoms with Crippen LogP contribution >= 0.6 is 0 Å². The zero-order valence-electron chi connectivity index (χ0n) is 36.3. The van der Waals surface area contributed by atoms with Crippen LogP contribution in [0.1, 0.15) is 133 Å². The van der Waals surface area contributed by atoms with Crippen molar-refractivity contribution in [2.45, 2.75) is 199 Å². The highest BCUT2D eigenvalue weighted by molar-refractivity contribution is 5.84. The van der Waals surface area contributed by atoms with E-state index in [1.54, 1.807) is 12.4 Å². The monoisotopic (exact) mass is 803 g/mol. The molecule has 1 amide bonds. The van der Waals surface area contributed by atoms with Gasteiger partial charge in [0, 0.05) is 30.1 Å². The zero-order valence-corrected chi connectivity index (χ0v) is 36.3. The molecule has 18 atom stereocenters. The molecule has 2 spiro atoms. The summed E-state index contributed by atoms with van der Waals surface area (Å²) < 4.78 is 34.5. The van der Waals surface area contributed by atoms with E-state index in [4.69, 9.17) is 30.1 Å². The predicted octanol–water partition coefficient (Wildman–Crippen LogP) is 5.84. The Balaban J connectivity index is 1.35. The van der Waals surface area contributed by atoms with E-state index in [9.17, 15) is 25.0 Å². The Kier molecular flexibility index (Phi) is 14.9. The normalized spacial score (nSPS) is 43.5. The van der Waals surface area contributed by atoms with E-state index in [0.29, 0.717) is 57.9 Å². The SMILES string of the molecule is C#CCN[C@@H]1C=CC2(O[C@H]([C@@H](CC)C(=O)[C@@H](C)[C@@H](O)[C@H](C)[C@@H]3O[C@@H]([C@@H](CC)C(=O)NO)CC[C@@H]3C)[C@@H](C)C[C@H]2C)O[C@@]12CC[C@@](C)([C@H]1CC[C@](O)(CC)[C@H](C)O1)O2. The molecule has 0 radical (unpaired) electrons. The lowest BCUT2D eigenvalue weighted by Gasteiger charge is -2.55. The summed E-state index contributed by atoms with van der Waals surface area (Å²) in [6, 6.07) is -0.363. The van der Waals surface area contributed by atoms with E-state index in [0.717, 1.165) is 12.8 Å². The van der Waals surface area contributed by atoms with Crippen molar-refractivity contribution in [3.63, 3.8) is 0 Å². The lowest BCUT2D eigenvalue weighted by atomic mass is 9.72. The lowest BCUT2D eigenvalue weighted by molar-refractivity contribution is -0.398. The fourth-order valence-electron chi connectivity index (χ4n) is 11.0. The van der Waals surface area contributed by atoms with Crippen LogP contribution in [0, 0.1) is 53.8 Å². The van der Waals surface area contributed by atoms with Gasteiger partial charge in [-0.3, -0.25) is 20.1 Å². The maximum Gasteiger partial charge on any atom is 0.249 e. The topological polar surface area (TPSA) is 165 Å². The molecule has 5 aliphatic heterocycles. The highest BCUT2D eigenvalue weighted by Gasteiger charge is 2.63. The Hall–Kier alpha value is -1.92. The van der Waals surface area contributed by atoms with Crippen molar-refractivity contribution >= 4 is 11.7 Å². The number of hydrogen-bond donors (Lipinski definition) is 5. The van der Waals surface area contributed by atoms with Crippen molar-refractivity contribution in [3.8, 4) is 12.3 Å². The number of ether oxygens (including phenoxy) is 5. The first-order valence-electron chi connectivity index (χ1n) is 22.0. The second kappa shape index (κ2) is 18.4. The average Bonchev–Trinajstić information content (AvgIpc) is 3.54. The van der Waals surface area contributed by atoms with Gasteiger partial charge in [-0.15, -0.1) is 6.42 Å². The number of rotatable bonds is 14. The van der Waals surface area contributed by atoms with Crippen LogP contribution in [0.15, 0.2) is 12.2 Å². The van der Waals surface area contributed by atoms with Gasteiger partial charge in [-0.2, -0.15) is 0 Å². The molecule has 4 saturated heterocycles. The van der Waals surface area contributed by atoms with Crippen LogP contribution in [-0.2, 0) is 33.3 Å². The van der Waals surface area contributed by atoms with Crippen LogP contribution in [-0.4, -0.2) is 99.1 Å². The molecule has 5 N–H and O–H groups in total. The fourth-order valence-corrected chi connectivity index (χ4v) is 11.0.